The van der Waals surface area contributed by atoms with Crippen LogP contribution in [0.3, 0.4) is 0 Å². The predicted molar refractivity (Wildman–Crippen MR) is 48.3 cm³/mol. The highest BCUT2D eigenvalue weighted by atomic mass is 16.5. The van der Waals surface area contributed by atoms with Gasteiger partial charge in [0.25, 0.3) is 0 Å². The van der Waals surface area contributed by atoms with Crippen LogP contribution in [-0.2, 0) is 0 Å². The molecule has 0 radical (unpaired) electrons. The molecule has 0 saturated carbocycles. The smallest absolute Gasteiger partial charge is 0.137 e. The molecule has 1 N–H and O–H groups in total. The molecule has 0 amide bonds. The zero-order valence-corrected chi connectivity index (χ0v) is 6.86. The Labute approximate surface area is 73.3 Å². The fraction of sp³-hybridized carbons (Fsp3) is 0.444. The summed E-state index contributed by atoms with van der Waals surface area (Å²) in [5.74, 6) is 0.853. The van der Waals surface area contributed by atoms with Crippen LogP contribution in [0.4, 0.5) is 0 Å². The standard InChI is InChI=1S/C9H12N2O.H2/c1-2-9(6-10-4-1)12-7-8-3-5-11-8;/h1-2,4,6,8,11H,3,5,7H2;1H/t8-;/m0./s1. The minimum atomic E-state index is 0. The van der Waals surface area contributed by atoms with Gasteiger partial charge in [0.1, 0.15) is 12.4 Å². The van der Waals surface area contributed by atoms with Crippen LogP contribution in [0.15, 0.2) is 24.5 Å². The van der Waals surface area contributed by atoms with Crippen molar-refractivity contribution in [1.82, 2.24) is 10.3 Å². The normalized spacial score (nSPS) is 21.5. The molecule has 1 saturated heterocycles. The number of pyridine rings is 1. The van der Waals surface area contributed by atoms with Crippen molar-refractivity contribution in [3.63, 3.8) is 0 Å². The third kappa shape index (κ3) is 1.74. The van der Waals surface area contributed by atoms with Gasteiger partial charge < -0.3 is 10.1 Å². The van der Waals surface area contributed by atoms with E-state index in [2.05, 4.69) is 10.3 Å². The molecule has 0 unspecified atom stereocenters. The van der Waals surface area contributed by atoms with Gasteiger partial charge in [-0.1, -0.05) is 0 Å². The Kier molecular flexibility index (Phi) is 2.23. The van der Waals surface area contributed by atoms with Crippen LogP contribution in [0.2, 0.25) is 0 Å². The first-order chi connectivity index (χ1) is 5.95. The summed E-state index contributed by atoms with van der Waals surface area (Å²) >= 11 is 0. The van der Waals surface area contributed by atoms with E-state index in [1.807, 2.05) is 12.1 Å². The molecular formula is C9H14N2O. The summed E-state index contributed by atoms with van der Waals surface area (Å²) in [5, 5.41) is 3.27. The number of nitrogens with one attached hydrogen (secondary N) is 1. The Balaban J connectivity index is 0.000000845. The lowest BCUT2D eigenvalue weighted by atomic mass is 10.1. The third-order valence-electron chi connectivity index (χ3n) is 2.01. The van der Waals surface area contributed by atoms with Gasteiger partial charge in [-0.15, -0.1) is 0 Å². The van der Waals surface area contributed by atoms with Gasteiger partial charge in [-0.3, -0.25) is 4.98 Å². The van der Waals surface area contributed by atoms with Gasteiger partial charge in [0.05, 0.1) is 6.20 Å². The summed E-state index contributed by atoms with van der Waals surface area (Å²) in [6.07, 6.45) is 4.70. The first-order valence-corrected chi connectivity index (χ1v) is 4.21. The molecule has 0 spiro atoms. The van der Waals surface area contributed by atoms with Crippen LogP contribution >= 0.6 is 0 Å². The molecule has 0 aromatic carbocycles. The number of hydrogen-bond acceptors (Lipinski definition) is 3. The van der Waals surface area contributed by atoms with Crippen molar-refractivity contribution >= 4 is 0 Å². The molecule has 1 atom stereocenters. The van der Waals surface area contributed by atoms with Crippen molar-refractivity contribution in [2.45, 2.75) is 12.5 Å². The summed E-state index contributed by atoms with van der Waals surface area (Å²) in [6, 6.07) is 4.35. The number of aromatic nitrogens is 1. The van der Waals surface area contributed by atoms with E-state index in [1.54, 1.807) is 12.4 Å². The second-order valence-corrected chi connectivity index (χ2v) is 2.94. The second kappa shape index (κ2) is 3.54. The van der Waals surface area contributed by atoms with Gasteiger partial charge in [-0.05, 0) is 25.1 Å². The Morgan fingerprint density at radius 1 is 1.75 bits per heavy atom. The molecule has 2 rings (SSSR count). The van der Waals surface area contributed by atoms with E-state index in [0.717, 1.165) is 18.9 Å². The zero-order chi connectivity index (χ0) is 8.23. The van der Waals surface area contributed by atoms with Crippen LogP contribution in [0.25, 0.3) is 0 Å². The van der Waals surface area contributed by atoms with Crippen molar-refractivity contribution in [3.05, 3.63) is 24.5 Å². The number of nitrogens with zero attached hydrogens (tertiary/aromatic N) is 1. The molecule has 1 aliphatic rings. The van der Waals surface area contributed by atoms with E-state index < -0.39 is 0 Å². The zero-order valence-electron chi connectivity index (χ0n) is 6.86. The maximum atomic E-state index is 5.48. The monoisotopic (exact) mass is 166 g/mol. The van der Waals surface area contributed by atoms with E-state index in [9.17, 15) is 0 Å². The van der Waals surface area contributed by atoms with Gasteiger partial charge in [-0.25, -0.2) is 0 Å². The average Bonchev–Trinajstić information content (AvgIpc) is 2.04. The Bertz CT molecular complexity index is 239. The summed E-state index contributed by atoms with van der Waals surface area (Å²) < 4.78 is 5.48. The van der Waals surface area contributed by atoms with Gasteiger partial charge in [0.2, 0.25) is 0 Å². The minimum Gasteiger partial charge on any atom is -0.490 e. The highest BCUT2D eigenvalue weighted by Gasteiger charge is 2.16. The lowest BCUT2D eigenvalue weighted by molar-refractivity contribution is 0.217. The molecule has 1 aromatic heterocycles. The highest BCUT2D eigenvalue weighted by molar-refractivity contribution is 5.15. The SMILES string of the molecule is [HH].c1cncc(OC[C@@H]2CCN2)c1. The van der Waals surface area contributed by atoms with Crippen molar-refractivity contribution in [1.29, 1.82) is 0 Å². The molecule has 12 heavy (non-hydrogen) atoms. The summed E-state index contributed by atoms with van der Waals surface area (Å²) in [7, 11) is 0. The van der Waals surface area contributed by atoms with E-state index in [4.69, 9.17) is 4.74 Å². The Morgan fingerprint density at radius 3 is 3.25 bits per heavy atom. The van der Waals surface area contributed by atoms with E-state index >= 15 is 0 Å². The van der Waals surface area contributed by atoms with Crippen molar-refractivity contribution in [2.24, 2.45) is 0 Å². The van der Waals surface area contributed by atoms with Gasteiger partial charge in [0, 0.05) is 13.7 Å². The van der Waals surface area contributed by atoms with Crippen LogP contribution in [-0.4, -0.2) is 24.2 Å². The largest absolute Gasteiger partial charge is 0.490 e. The fourth-order valence-corrected chi connectivity index (χ4v) is 1.12. The lowest BCUT2D eigenvalue weighted by Gasteiger charge is -2.27. The molecule has 2 heterocycles. The molecule has 0 aliphatic carbocycles. The summed E-state index contributed by atoms with van der Waals surface area (Å²) in [4.78, 5) is 3.96. The molecule has 3 heteroatoms. The molecule has 1 aliphatic heterocycles. The Morgan fingerprint density at radius 2 is 2.67 bits per heavy atom. The van der Waals surface area contributed by atoms with Crippen molar-refractivity contribution in [2.75, 3.05) is 13.2 Å². The molecular weight excluding hydrogens is 152 g/mol. The van der Waals surface area contributed by atoms with Gasteiger partial charge >= 0.3 is 0 Å². The quantitative estimate of drug-likeness (QED) is 0.729. The van der Waals surface area contributed by atoms with E-state index in [-0.39, 0.29) is 1.43 Å². The first-order valence-electron chi connectivity index (χ1n) is 4.21. The van der Waals surface area contributed by atoms with Crippen LogP contribution in [0, 0.1) is 0 Å². The van der Waals surface area contributed by atoms with E-state index in [0.29, 0.717) is 6.04 Å². The molecule has 1 fully saturated rings. The topological polar surface area (TPSA) is 34.1 Å². The fourth-order valence-electron chi connectivity index (χ4n) is 1.12. The van der Waals surface area contributed by atoms with Crippen LogP contribution in [0.1, 0.15) is 7.85 Å². The maximum Gasteiger partial charge on any atom is 0.137 e. The number of hydrogen-bond donors (Lipinski definition) is 1. The third-order valence-corrected chi connectivity index (χ3v) is 2.01. The number of ether oxygens (including phenoxy) is 1. The van der Waals surface area contributed by atoms with Crippen molar-refractivity contribution < 1.29 is 6.16 Å². The first kappa shape index (κ1) is 7.55. The number of rotatable bonds is 3. The highest BCUT2D eigenvalue weighted by Crippen LogP contribution is 2.09. The van der Waals surface area contributed by atoms with Crippen LogP contribution < -0.4 is 10.1 Å². The minimum absolute atomic E-state index is 0. The predicted octanol–water partition coefficient (Wildman–Crippen LogP) is 1.07. The van der Waals surface area contributed by atoms with E-state index in [1.165, 1.54) is 6.42 Å². The second-order valence-electron chi connectivity index (χ2n) is 2.94. The van der Waals surface area contributed by atoms with Crippen LogP contribution in [0.5, 0.6) is 5.75 Å². The molecule has 0 bridgehead atoms. The van der Waals surface area contributed by atoms with Crippen molar-refractivity contribution in [3.8, 4) is 5.75 Å². The average molecular weight is 166 g/mol. The Hall–Kier alpha value is -1.09. The maximum absolute atomic E-state index is 5.48. The summed E-state index contributed by atoms with van der Waals surface area (Å²) in [5.41, 5.74) is 0. The summed E-state index contributed by atoms with van der Waals surface area (Å²) in [6.45, 7) is 1.88. The molecule has 3 nitrogen and oxygen atoms in total. The van der Waals surface area contributed by atoms with Gasteiger partial charge in [-0.2, -0.15) is 0 Å². The molecule has 1 aromatic rings. The molecule has 66 valence electrons. The van der Waals surface area contributed by atoms with Gasteiger partial charge in [0.15, 0.2) is 0 Å². The lowest BCUT2D eigenvalue weighted by Crippen LogP contribution is -2.46.